The van der Waals surface area contributed by atoms with Gasteiger partial charge in [-0.25, -0.2) is 0 Å². The number of halogens is 3. The first-order valence-corrected chi connectivity index (χ1v) is 7.78. The normalized spacial score (nSPS) is 11.1. The molecule has 0 radical (unpaired) electrons. The molecule has 0 amide bonds. The second kappa shape index (κ2) is 8.97. The fourth-order valence-electron chi connectivity index (χ4n) is 1.43. The molecular weight excluding hydrogens is 381 g/mol. The van der Waals surface area contributed by atoms with Crippen molar-refractivity contribution in [3.05, 3.63) is 38.3 Å². The van der Waals surface area contributed by atoms with Gasteiger partial charge in [-0.3, -0.25) is 0 Å². The first kappa shape index (κ1) is 16.0. The van der Waals surface area contributed by atoms with Crippen molar-refractivity contribution in [1.82, 2.24) is 5.32 Å². The largest absolute Gasteiger partial charge is 0.487 e. The summed E-state index contributed by atoms with van der Waals surface area (Å²) in [7, 11) is 0. The molecule has 0 saturated heterocycles. The van der Waals surface area contributed by atoms with Crippen molar-refractivity contribution in [3.63, 3.8) is 0 Å². The highest BCUT2D eigenvalue weighted by Crippen LogP contribution is 2.34. The van der Waals surface area contributed by atoms with Gasteiger partial charge in [0.1, 0.15) is 12.4 Å². The van der Waals surface area contributed by atoms with Crippen LogP contribution in [0.1, 0.15) is 18.9 Å². The van der Waals surface area contributed by atoms with Gasteiger partial charge in [0.25, 0.3) is 0 Å². The monoisotopic (exact) mass is 395 g/mol. The van der Waals surface area contributed by atoms with Crippen LogP contribution in [0.2, 0.25) is 0 Å². The van der Waals surface area contributed by atoms with Gasteiger partial charge in [0.15, 0.2) is 0 Å². The lowest BCUT2D eigenvalue weighted by atomic mass is 10.2. The van der Waals surface area contributed by atoms with Crippen molar-refractivity contribution in [2.75, 3.05) is 13.2 Å². The van der Waals surface area contributed by atoms with Gasteiger partial charge in [0.05, 0.1) is 8.95 Å². The molecule has 0 atom stereocenters. The molecule has 0 fully saturated rings. The Kier molecular flexibility index (Phi) is 7.98. The van der Waals surface area contributed by atoms with E-state index in [2.05, 4.69) is 56.2 Å². The minimum Gasteiger partial charge on any atom is -0.487 e. The molecule has 18 heavy (non-hydrogen) atoms. The lowest BCUT2D eigenvalue weighted by Gasteiger charge is -2.11. The van der Waals surface area contributed by atoms with Crippen LogP contribution in [-0.4, -0.2) is 13.2 Å². The van der Waals surface area contributed by atoms with Crippen LogP contribution < -0.4 is 10.1 Å². The zero-order valence-electron chi connectivity index (χ0n) is 10.2. The molecule has 0 aliphatic carbocycles. The molecule has 0 aliphatic rings. The molecule has 0 aliphatic heterocycles. The number of ether oxygens (including phenoxy) is 1. The molecule has 0 spiro atoms. The minimum absolute atomic E-state index is 0.453. The lowest BCUT2D eigenvalue weighted by Crippen LogP contribution is -2.13. The zero-order chi connectivity index (χ0) is 13.4. The SMILES string of the molecule is CCCNCc1cc(Br)c(OC/C=C/Cl)c(Br)c1. The molecule has 0 heterocycles. The second-order valence-corrected chi connectivity index (χ2v) is 5.70. The van der Waals surface area contributed by atoms with Gasteiger partial charge < -0.3 is 10.1 Å². The molecule has 1 aromatic rings. The summed E-state index contributed by atoms with van der Waals surface area (Å²) in [6.07, 6.45) is 2.88. The Morgan fingerprint density at radius 3 is 2.56 bits per heavy atom. The maximum atomic E-state index is 5.60. The lowest BCUT2D eigenvalue weighted by molar-refractivity contribution is 0.358. The molecule has 5 heteroatoms. The van der Waals surface area contributed by atoms with Crippen molar-refractivity contribution in [2.24, 2.45) is 0 Å². The molecule has 0 unspecified atom stereocenters. The van der Waals surface area contributed by atoms with Gasteiger partial charge >= 0.3 is 0 Å². The van der Waals surface area contributed by atoms with Gasteiger partial charge in [0, 0.05) is 12.1 Å². The van der Waals surface area contributed by atoms with Gasteiger partial charge in [-0.05, 0) is 68.6 Å². The van der Waals surface area contributed by atoms with Gasteiger partial charge in [-0.15, -0.1) is 0 Å². The van der Waals surface area contributed by atoms with Crippen molar-refractivity contribution < 1.29 is 4.74 Å². The van der Waals surface area contributed by atoms with Crippen molar-refractivity contribution in [3.8, 4) is 5.75 Å². The van der Waals surface area contributed by atoms with Crippen molar-refractivity contribution in [2.45, 2.75) is 19.9 Å². The maximum Gasteiger partial charge on any atom is 0.148 e. The van der Waals surface area contributed by atoms with Crippen LogP contribution in [-0.2, 0) is 6.54 Å². The Morgan fingerprint density at radius 2 is 2.00 bits per heavy atom. The highest BCUT2D eigenvalue weighted by molar-refractivity contribution is 9.11. The van der Waals surface area contributed by atoms with E-state index in [9.17, 15) is 0 Å². The summed E-state index contributed by atoms with van der Waals surface area (Å²) >= 11 is 12.5. The fraction of sp³-hybridized carbons (Fsp3) is 0.385. The molecule has 0 saturated carbocycles. The van der Waals surface area contributed by atoms with E-state index >= 15 is 0 Å². The van der Waals surface area contributed by atoms with Gasteiger partial charge in [-0.1, -0.05) is 18.5 Å². The average molecular weight is 398 g/mol. The van der Waals surface area contributed by atoms with E-state index < -0.39 is 0 Å². The van der Waals surface area contributed by atoms with Gasteiger partial charge in [-0.2, -0.15) is 0 Å². The van der Waals surface area contributed by atoms with Crippen LogP contribution >= 0.6 is 43.5 Å². The summed E-state index contributed by atoms with van der Waals surface area (Å²) < 4.78 is 7.48. The number of hydrogen-bond donors (Lipinski definition) is 1. The zero-order valence-corrected chi connectivity index (χ0v) is 14.1. The van der Waals surface area contributed by atoms with Crippen LogP contribution in [0.4, 0.5) is 0 Å². The van der Waals surface area contributed by atoms with Gasteiger partial charge in [0.2, 0.25) is 0 Å². The number of benzene rings is 1. The van der Waals surface area contributed by atoms with Crippen LogP contribution in [0.25, 0.3) is 0 Å². The number of hydrogen-bond acceptors (Lipinski definition) is 2. The smallest absolute Gasteiger partial charge is 0.148 e. The molecule has 1 aromatic carbocycles. The van der Waals surface area contributed by atoms with E-state index in [0.29, 0.717) is 6.61 Å². The van der Waals surface area contributed by atoms with Crippen LogP contribution in [0.15, 0.2) is 32.7 Å². The van der Waals surface area contributed by atoms with Crippen molar-refractivity contribution in [1.29, 1.82) is 0 Å². The Bertz CT molecular complexity index is 387. The van der Waals surface area contributed by atoms with E-state index in [1.54, 1.807) is 6.08 Å². The molecular formula is C13H16Br2ClNO. The number of rotatable bonds is 7. The Balaban J connectivity index is 2.70. The second-order valence-electron chi connectivity index (χ2n) is 3.74. The van der Waals surface area contributed by atoms with E-state index in [0.717, 1.165) is 34.2 Å². The van der Waals surface area contributed by atoms with Crippen LogP contribution in [0.3, 0.4) is 0 Å². The third kappa shape index (κ3) is 5.31. The first-order valence-electron chi connectivity index (χ1n) is 5.75. The standard InChI is InChI=1S/C13H16Br2ClNO/c1-2-5-17-9-10-7-11(14)13(12(15)8-10)18-6-3-4-16/h3-4,7-8,17H,2,5-6,9H2,1H3/b4-3+. The maximum absolute atomic E-state index is 5.60. The molecule has 2 nitrogen and oxygen atoms in total. The molecule has 1 rings (SSSR count). The fourth-order valence-corrected chi connectivity index (χ4v) is 3.01. The van der Waals surface area contributed by atoms with E-state index in [-0.39, 0.29) is 0 Å². The summed E-state index contributed by atoms with van der Waals surface area (Å²) in [4.78, 5) is 0. The number of nitrogens with one attached hydrogen (secondary N) is 1. The summed E-state index contributed by atoms with van der Waals surface area (Å²) in [5.74, 6) is 0.795. The molecule has 1 N–H and O–H groups in total. The first-order chi connectivity index (χ1) is 8.69. The van der Waals surface area contributed by atoms with E-state index in [1.807, 2.05) is 0 Å². The van der Waals surface area contributed by atoms with Crippen LogP contribution in [0.5, 0.6) is 5.75 Å². The Morgan fingerprint density at radius 1 is 1.33 bits per heavy atom. The van der Waals surface area contributed by atoms with Crippen LogP contribution in [0, 0.1) is 0 Å². The van der Waals surface area contributed by atoms with Crippen molar-refractivity contribution >= 4 is 43.5 Å². The summed E-state index contributed by atoms with van der Waals surface area (Å²) in [5, 5.41) is 3.37. The van der Waals surface area contributed by atoms with E-state index in [1.165, 1.54) is 11.1 Å². The Labute approximate surface area is 130 Å². The quantitative estimate of drug-likeness (QED) is 0.665. The highest BCUT2D eigenvalue weighted by atomic mass is 79.9. The molecule has 0 aromatic heterocycles. The third-order valence-electron chi connectivity index (χ3n) is 2.23. The summed E-state index contributed by atoms with van der Waals surface area (Å²) in [6.45, 7) is 4.48. The minimum atomic E-state index is 0.453. The average Bonchev–Trinajstić information content (AvgIpc) is 2.33. The topological polar surface area (TPSA) is 21.3 Å². The third-order valence-corrected chi connectivity index (χ3v) is 3.58. The molecule has 100 valence electrons. The summed E-state index contributed by atoms with van der Waals surface area (Å²) in [6, 6.07) is 4.13. The summed E-state index contributed by atoms with van der Waals surface area (Å²) in [5.41, 5.74) is 2.66. The Hall–Kier alpha value is -0.0300. The predicted octanol–water partition coefficient (Wildman–Crippen LogP) is 4.84. The van der Waals surface area contributed by atoms with E-state index in [4.69, 9.17) is 16.3 Å². The predicted molar refractivity (Wildman–Crippen MR) is 84.3 cm³/mol. The molecule has 0 bridgehead atoms. The highest BCUT2D eigenvalue weighted by Gasteiger charge is 2.08.